The zero-order valence-electron chi connectivity index (χ0n) is 33.0. The quantitative estimate of drug-likeness (QED) is 0.102. The Kier molecular flexibility index (Phi) is 12.8. The van der Waals surface area contributed by atoms with Crippen LogP contribution in [-0.4, -0.2) is 68.6 Å². The fourth-order valence-corrected chi connectivity index (χ4v) is 7.10. The van der Waals surface area contributed by atoms with Crippen molar-refractivity contribution >= 4 is 41.2 Å². The molecule has 2 aromatic carbocycles. The summed E-state index contributed by atoms with van der Waals surface area (Å²) in [6, 6.07) is 11.4. The van der Waals surface area contributed by atoms with Gasteiger partial charge in [-0.2, -0.15) is 4.39 Å². The first-order valence-electron chi connectivity index (χ1n) is 19.0. The molecular formula is C42H46ClFN6O8. The lowest BCUT2D eigenvalue weighted by Gasteiger charge is -2.27. The van der Waals surface area contributed by atoms with Crippen LogP contribution < -0.4 is 25.7 Å². The van der Waals surface area contributed by atoms with Crippen molar-refractivity contribution in [2.24, 2.45) is 18.0 Å². The number of amides is 4. The molecule has 1 saturated heterocycles. The van der Waals surface area contributed by atoms with Crippen LogP contribution in [0.2, 0.25) is 5.02 Å². The first kappa shape index (κ1) is 41.8. The number of Topliss-reactive ketones (excluding diaryl/α,β-unsaturated/α-hetero) is 1. The van der Waals surface area contributed by atoms with Crippen LogP contribution in [0.4, 0.5) is 9.18 Å². The van der Waals surface area contributed by atoms with Crippen molar-refractivity contribution in [3.8, 4) is 22.6 Å². The van der Waals surface area contributed by atoms with Crippen LogP contribution >= 0.6 is 11.6 Å². The number of nitrogens with one attached hydrogen (secondary N) is 2. The van der Waals surface area contributed by atoms with Crippen LogP contribution in [0, 0.1) is 18.8 Å². The maximum Gasteiger partial charge on any atom is 0.437 e. The Morgan fingerprint density at radius 3 is 2.48 bits per heavy atom. The van der Waals surface area contributed by atoms with Gasteiger partial charge in [-0.3, -0.25) is 24.5 Å². The number of nitrogens with zero attached hydrogens (tertiary/aromatic N) is 4. The third-order valence-corrected chi connectivity index (χ3v) is 9.89. The molecule has 16 heteroatoms. The molecule has 2 aliphatic rings. The number of unbranched alkanes of at least 4 members (excludes halogenated alkanes) is 1. The Morgan fingerprint density at radius 1 is 1.02 bits per heavy atom. The fourth-order valence-electron chi connectivity index (χ4n) is 6.93. The molecule has 0 radical (unpaired) electrons. The number of aryl methyl sites for hydroxylation is 2. The van der Waals surface area contributed by atoms with E-state index in [9.17, 15) is 28.4 Å². The Hall–Kier alpha value is -5.83. The smallest absolute Gasteiger partial charge is 0.437 e. The molecule has 0 bridgehead atoms. The molecule has 4 amide bonds. The molecule has 2 N–H and O–H groups in total. The Bertz CT molecular complexity index is 2310. The van der Waals surface area contributed by atoms with E-state index in [0.29, 0.717) is 69.4 Å². The third-order valence-electron chi connectivity index (χ3n) is 9.58. The topological polar surface area (TPSA) is 172 Å². The minimum Gasteiger partial charge on any atom is -0.492 e. The molecule has 306 valence electrons. The maximum atomic E-state index is 14.3. The number of hydrogen-bond donors (Lipinski definition) is 2. The summed E-state index contributed by atoms with van der Waals surface area (Å²) in [5, 5.41) is 5.36. The lowest BCUT2D eigenvalue weighted by molar-refractivity contribution is -0.134. The molecule has 0 aliphatic carbocycles. The molecule has 14 nitrogen and oxygen atoms in total. The second-order valence-corrected chi connectivity index (χ2v) is 15.9. The predicted molar refractivity (Wildman–Crippen MR) is 211 cm³/mol. The second-order valence-electron chi connectivity index (χ2n) is 15.5. The van der Waals surface area contributed by atoms with Gasteiger partial charge in [-0.05, 0) is 94.5 Å². The van der Waals surface area contributed by atoms with Gasteiger partial charge in [0.1, 0.15) is 17.1 Å². The summed E-state index contributed by atoms with van der Waals surface area (Å²) in [4.78, 5) is 70.7. The van der Waals surface area contributed by atoms with Gasteiger partial charge in [0.25, 0.3) is 0 Å². The number of hydrogen-bond acceptors (Lipinski definition) is 9. The van der Waals surface area contributed by atoms with Crippen molar-refractivity contribution in [3.63, 3.8) is 0 Å². The van der Waals surface area contributed by atoms with Gasteiger partial charge in [-0.1, -0.05) is 17.7 Å². The molecule has 1 unspecified atom stereocenters. The summed E-state index contributed by atoms with van der Waals surface area (Å²) in [6.45, 7) is 7.59. The van der Waals surface area contributed by atoms with E-state index in [1.54, 1.807) is 80.5 Å². The van der Waals surface area contributed by atoms with Gasteiger partial charge in [0.2, 0.25) is 29.3 Å². The molecular weight excluding hydrogens is 771 g/mol. The third kappa shape index (κ3) is 10.6. The molecule has 58 heavy (non-hydrogen) atoms. The van der Waals surface area contributed by atoms with E-state index in [0.717, 1.165) is 5.56 Å². The number of rotatable bonds is 12. The van der Waals surface area contributed by atoms with E-state index >= 15 is 0 Å². The van der Waals surface area contributed by atoms with E-state index in [1.807, 2.05) is 12.1 Å². The van der Waals surface area contributed by atoms with E-state index in [1.165, 1.54) is 6.07 Å². The second kappa shape index (κ2) is 17.8. The standard InChI is InChI=1S/C42H46ClFN6O8/c1-24-29(10-12-34(44)45-24)30-17-26(22-50-14-13-49(5)40(50)48-41(55)58-42(2,3)4)18-31-38(54)27(23-57-39(30)31)16-25-9-11-32(43)33(19-25)56-15-7-6-8-35(51)46-28-20-36(52)47-37(53)21-28/h9-14,17-19,27-28H,6-8,15-16,20-23H2,1-5H3,(H,46,51)(H,47,52,53). The highest BCUT2D eigenvalue weighted by Crippen LogP contribution is 2.41. The molecule has 6 rings (SSSR count). The monoisotopic (exact) mass is 816 g/mol. The van der Waals surface area contributed by atoms with Crippen LogP contribution in [0.3, 0.4) is 0 Å². The normalized spacial score (nSPS) is 16.1. The van der Waals surface area contributed by atoms with Crippen LogP contribution in [0.15, 0.2) is 59.9 Å². The Morgan fingerprint density at radius 2 is 1.76 bits per heavy atom. The average molecular weight is 817 g/mol. The van der Waals surface area contributed by atoms with Crippen molar-refractivity contribution in [3.05, 3.63) is 93.8 Å². The zero-order chi connectivity index (χ0) is 41.7. The number of aromatic nitrogens is 3. The van der Waals surface area contributed by atoms with E-state index in [2.05, 4.69) is 20.6 Å². The fraction of sp³-hybridized carbons (Fsp3) is 0.405. The number of halogens is 2. The number of benzene rings is 2. The van der Waals surface area contributed by atoms with Gasteiger partial charge in [-0.25, -0.2) is 9.78 Å². The molecule has 0 saturated carbocycles. The van der Waals surface area contributed by atoms with Gasteiger partial charge in [0, 0.05) is 61.6 Å². The van der Waals surface area contributed by atoms with Gasteiger partial charge in [0.15, 0.2) is 5.78 Å². The number of fused-ring (bicyclic) bond motifs is 1. The first-order chi connectivity index (χ1) is 27.5. The van der Waals surface area contributed by atoms with E-state index in [4.69, 9.17) is 25.8 Å². The van der Waals surface area contributed by atoms with Crippen molar-refractivity contribution < 1.29 is 42.6 Å². The van der Waals surface area contributed by atoms with Crippen molar-refractivity contribution in [2.75, 3.05) is 13.2 Å². The van der Waals surface area contributed by atoms with Gasteiger partial charge < -0.3 is 28.7 Å². The van der Waals surface area contributed by atoms with Crippen LogP contribution in [0.5, 0.6) is 11.5 Å². The maximum absolute atomic E-state index is 14.3. The van der Waals surface area contributed by atoms with Crippen molar-refractivity contribution in [1.82, 2.24) is 24.8 Å². The number of imidazole rings is 1. The zero-order valence-corrected chi connectivity index (χ0v) is 33.8. The summed E-state index contributed by atoms with van der Waals surface area (Å²) in [5.41, 5.74) is 3.11. The highest BCUT2D eigenvalue weighted by Gasteiger charge is 2.32. The molecule has 2 aliphatic heterocycles. The summed E-state index contributed by atoms with van der Waals surface area (Å²) >= 11 is 6.48. The molecule has 0 spiro atoms. The molecule has 1 atom stereocenters. The summed E-state index contributed by atoms with van der Waals surface area (Å²) in [7, 11) is 1.76. The summed E-state index contributed by atoms with van der Waals surface area (Å²) < 4.78 is 35.3. The van der Waals surface area contributed by atoms with Crippen molar-refractivity contribution in [2.45, 2.75) is 84.4 Å². The highest BCUT2D eigenvalue weighted by atomic mass is 35.5. The number of pyridine rings is 1. The molecule has 4 heterocycles. The number of carbonyl (C=O) groups excluding carboxylic acids is 5. The van der Waals surface area contributed by atoms with Gasteiger partial charge in [-0.15, -0.1) is 4.99 Å². The van der Waals surface area contributed by atoms with E-state index in [-0.39, 0.29) is 50.7 Å². The molecule has 1 fully saturated rings. The summed E-state index contributed by atoms with van der Waals surface area (Å²) in [6.07, 6.45) is 4.54. The minimum absolute atomic E-state index is 0.0692. The number of imide groups is 1. The van der Waals surface area contributed by atoms with Gasteiger partial charge in [0.05, 0.1) is 36.3 Å². The van der Waals surface area contributed by atoms with Crippen LogP contribution in [0.25, 0.3) is 11.1 Å². The van der Waals surface area contributed by atoms with Gasteiger partial charge >= 0.3 is 6.09 Å². The van der Waals surface area contributed by atoms with E-state index < -0.39 is 41.4 Å². The number of ketones is 1. The van der Waals surface area contributed by atoms with Crippen molar-refractivity contribution in [1.29, 1.82) is 0 Å². The Labute approximate surface area is 339 Å². The number of ether oxygens (including phenoxy) is 3. The number of carbonyl (C=O) groups is 5. The minimum atomic E-state index is -0.738. The highest BCUT2D eigenvalue weighted by molar-refractivity contribution is 6.32. The lowest BCUT2D eigenvalue weighted by Crippen LogP contribution is -2.48. The van der Waals surface area contributed by atoms with Crippen LogP contribution in [-0.2, 0) is 39.1 Å². The predicted octanol–water partition coefficient (Wildman–Crippen LogP) is 5.78. The summed E-state index contributed by atoms with van der Waals surface area (Å²) in [5.74, 6) is -1.54. The average Bonchev–Trinajstić information content (AvgIpc) is 3.46. The first-order valence-corrected chi connectivity index (χ1v) is 19.4. The Balaban J connectivity index is 1.17. The number of piperidine rings is 1. The largest absolute Gasteiger partial charge is 0.492 e. The molecule has 2 aromatic heterocycles. The molecule has 4 aromatic rings. The van der Waals surface area contributed by atoms with Crippen LogP contribution in [0.1, 0.15) is 80.1 Å². The lowest BCUT2D eigenvalue weighted by atomic mass is 9.86. The SMILES string of the molecule is Cc1nc(F)ccc1-c1cc(Cn2ccn(C)c2=NC(=O)OC(C)(C)C)cc2c1OCC(Cc1ccc(Cl)c(OCCCCC(=O)NC3CC(=O)NC(=O)C3)c1)C2=O.